The van der Waals surface area contributed by atoms with Crippen molar-refractivity contribution in [3.63, 3.8) is 0 Å². The smallest absolute Gasteiger partial charge is 0.105 e. The minimum atomic E-state index is 0.294. The number of fused-ring (bicyclic) bond motifs is 3. The molecule has 0 fully saturated rings. The van der Waals surface area contributed by atoms with E-state index in [1.807, 2.05) is 0 Å². The van der Waals surface area contributed by atoms with Crippen molar-refractivity contribution >= 4 is 34.8 Å². The number of hydrogen-bond donors (Lipinski definition) is 1. The number of nitrogens with one attached hydrogen (secondary N) is 1. The van der Waals surface area contributed by atoms with E-state index in [0.717, 1.165) is 19.3 Å². The molecule has 3 nitrogen and oxygen atoms in total. The third kappa shape index (κ3) is 5.17. The first kappa shape index (κ1) is 28.2. The van der Waals surface area contributed by atoms with Gasteiger partial charge in [0, 0.05) is 43.6 Å². The Kier molecular flexibility index (Phi) is 7.28. The Morgan fingerprint density at radius 3 is 2.31 bits per heavy atom. The van der Waals surface area contributed by atoms with Crippen molar-refractivity contribution in [2.45, 2.75) is 57.2 Å². The first-order chi connectivity index (χ1) is 22.0. The van der Waals surface area contributed by atoms with E-state index >= 15 is 0 Å². The Bertz CT molecular complexity index is 1860. The van der Waals surface area contributed by atoms with Crippen LogP contribution in [0.15, 0.2) is 109 Å². The second-order valence-corrected chi connectivity index (χ2v) is 13.9. The molecule has 0 amide bonds. The van der Waals surface area contributed by atoms with Crippen LogP contribution < -0.4 is 25.6 Å². The quantitative estimate of drug-likeness (QED) is 0.332. The fraction of sp³-hybridized carbons (Fsp3) is 0.333. The summed E-state index contributed by atoms with van der Waals surface area (Å²) >= 11 is 0. The van der Waals surface area contributed by atoms with Gasteiger partial charge < -0.3 is 15.1 Å². The van der Waals surface area contributed by atoms with E-state index in [2.05, 4.69) is 151 Å². The highest BCUT2D eigenvalue weighted by Crippen LogP contribution is 2.41. The van der Waals surface area contributed by atoms with Crippen LogP contribution in [0, 0.1) is 17.8 Å². The first-order valence-corrected chi connectivity index (χ1v) is 17.0. The maximum Gasteiger partial charge on any atom is 0.105 e. The molecule has 0 aromatic heterocycles. The molecule has 3 aliphatic carbocycles. The predicted molar refractivity (Wildman–Crippen MR) is 192 cm³/mol. The largest absolute Gasteiger partial charge is 0.371 e. The highest BCUT2D eigenvalue weighted by Gasteiger charge is 2.32. The third-order valence-electron chi connectivity index (χ3n) is 11.3. The zero-order valence-electron chi connectivity index (χ0n) is 26.9. The molecular formula is C42H45N3. The van der Waals surface area contributed by atoms with Crippen molar-refractivity contribution < 1.29 is 0 Å². The number of anilines is 3. The lowest BCUT2D eigenvalue weighted by Gasteiger charge is -2.35. The number of benzene rings is 3. The number of nitrogens with zero attached hydrogens (tertiary/aromatic N) is 2. The molecule has 1 N–H and O–H groups in total. The number of para-hydroxylation sites is 3. The number of hydrogen-bond acceptors (Lipinski definition) is 3. The van der Waals surface area contributed by atoms with Gasteiger partial charge in [-0.15, -0.1) is 0 Å². The van der Waals surface area contributed by atoms with Gasteiger partial charge in [0.1, 0.15) is 6.17 Å². The molecule has 6 unspecified atom stereocenters. The van der Waals surface area contributed by atoms with E-state index < -0.39 is 0 Å². The summed E-state index contributed by atoms with van der Waals surface area (Å²) in [5, 5.41) is 6.48. The van der Waals surface area contributed by atoms with Crippen molar-refractivity contribution in [3.05, 3.63) is 130 Å². The fourth-order valence-corrected chi connectivity index (χ4v) is 8.53. The first-order valence-electron chi connectivity index (χ1n) is 17.0. The molecule has 2 aliphatic heterocycles. The van der Waals surface area contributed by atoms with E-state index in [4.69, 9.17) is 0 Å². The van der Waals surface area contributed by atoms with Crippen LogP contribution in [0.4, 0.5) is 17.1 Å². The average molecular weight is 592 g/mol. The number of allylic oxidation sites excluding steroid dienone is 6. The summed E-state index contributed by atoms with van der Waals surface area (Å²) in [7, 11) is 4.52. The van der Waals surface area contributed by atoms with Crippen LogP contribution in [0.25, 0.3) is 17.7 Å². The van der Waals surface area contributed by atoms with Crippen LogP contribution in [0.2, 0.25) is 0 Å². The van der Waals surface area contributed by atoms with E-state index in [0.29, 0.717) is 35.9 Å². The Labute approximate surface area is 268 Å². The average Bonchev–Trinajstić information content (AvgIpc) is 3.37. The van der Waals surface area contributed by atoms with Crippen LogP contribution in [0.3, 0.4) is 0 Å². The van der Waals surface area contributed by atoms with Gasteiger partial charge in [-0.2, -0.15) is 0 Å². The summed E-state index contributed by atoms with van der Waals surface area (Å²) in [5.74, 6) is 2.07. The lowest BCUT2D eigenvalue weighted by atomic mass is 9.81. The summed E-state index contributed by atoms with van der Waals surface area (Å²) in [5.41, 5.74) is 9.60. The molecule has 0 spiro atoms. The zero-order valence-corrected chi connectivity index (χ0v) is 26.9. The summed E-state index contributed by atoms with van der Waals surface area (Å²) in [6, 6.07) is 25.3. The van der Waals surface area contributed by atoms with Gasteiger partial charge >= 0.3 is 0 Å². The van der Waals surface area contributed by atoms with E-state index in [1.54, 1.807) is 0 Å². The maximum atomic E-state index is 3.74. The highest BCUT2D eigenvalue weighted by molar-refractivity contribution is 5.78. The second kappa shape index (κ2) is 11.6. The van der Waals surface area contributed by atoms with Crippen molar-refractivity contribution in [1.29, 1.82) is 0 Å². The number of rotatable bonds is 4. The van der Waals surface area contributed by atoms with Gasteiger partial charge in [0.2, 0.25) is 0 Å². The molecule has 5 aliphatic rings. The van der Waals surface area contributed by atoms with Crippen LogP contribution >= 0.6 is 0 Å². The molecule has 45 heavy (non-hydrogen) atoms. The standard InChI is InChI=1S/C42H45N3/c1-28-12-25-39(44(2)40-10-6-4-8-37(28)40)32-19-13-29(14-20-32)34-23-17-31-18-24-35(27-36(31)26-34)30-15-21-33(22-16-30)42-43-38-9-5-7-11-41(38)45(42)3/h4-11,13-19,21,24,26-28,32-34,39,42-43H,12,20,22-23,25H2,1-3H3. The van der Waals surface area contributed by atoms with Crippen molar-refractivity contribution in [1.82, 2.24) is 0 Å². The predicted octanol–water partition coefficient (Wildman–Crippen LogP) is 8.02. The van der Waals surface area contributed by atoms with Crippen molar-refractivity contribution in [2.75, 3.05) is 29.2 Å². The third-order valence-corrected chi connectivity index (χ3v) is 11.3. The molecule has 0 radical (unpaired) electrons. The van der Waals surface area contributed by atoms with Crippen LogP contribution in [-0.2, 0) is 0 Å². The lowest BCUT2D eigenvalue weighted by molar-refractivity contribution is 0.439. The van der Waals surface area contributed by atoms with E-state index in [9.17, 15) is 0 Å². The maximum absolute atomic E-state index is 3.74. The lowest BCUT2D eigenvalue weighted by Crippen LogP contribution is -2.38. The van der Waals surface area contributed by atoms with Gasteiger partial charge in [0.25, 0.3) is 0 Å². The molecule has 3 aromatic carbocycles. The monoisotopic (exact) mass is 591 g/mol. The molecular weight excluding hydrogens is 546 g/mol. The minimum absolute atomic E-state index is 0.294. The zero-order chi connectivity index (χ0) is 30.5. The Morgan fingerprint density at radius 2 is 1.51 bits per heavy atom. The van der Waals surface area contributed by atoms with Crippen LogP contribution in [0.5, 0.6) is 0 Å². The van der Waals surface area contributed by atoms with Gasteiger partial charge in [0.15, 0.2) is 0 Å². The van der Waals surface area contributed by atoms with Gasteiger partial charge in [-0.05, 0) is 95.0 Å². The molecule has 2 heterocycles. The molecule has 0 saturated heterocycles. The van der Waals surface area contributed by atoms with Crippen molar-refractivity contribution in [2.24, 2.45) is 17.8 Å². The summed E-state index contributed by atoms with van der Waals surface area (Å²) in [6.07, 6.45) is 25.7. The normalized spacial score (nSPS) is 28.4. The SMILES string of the molecule is CC1CCC(C2C=CC(C3C=c4cc(C5=CCC(C6Nc7ccccc7N6C)C=C5)ccc4=CC3)=CC2)N(C)c2ccccc21. The Morgan fingerprint density at radius 1 is 0.711 bits per heavy atom. The second-order valence-electron chi connectivity index (χ2n) is 13.9. The minimum Gasteiger partial charge on any atom is -0.371 e. The van der Waals surface area contributed by atoms with Gasteiger partial charge in [-0.3, -0.25) is 0 Å². The van der Waals surface area contributed by atoms with Gasteiger partial charge in [-0.25, -0.2) is 0 Å². The Balaban J connectivity index is 0.958. The fourth-order valence-electron chi connectivity index (χ4n) is 8.53. The van der Waals surface area contributed by atoms with Gasteiger partial charge in [0.05, 0.1) is 11.4 Å². The Hall–Kier alpha value is -4.24. The highest BCUT2D eigenvalue weighted by atomic mass is 15.3. The molecule has 0 saturated carbocycles. The van der Waals surface area contributed by atoms with E-state index in [-0.39, 0.29) is 0 Å². The summed E-state index contributed by atoms with van der Waals surface area (Å²) < 4.78 is 0. The molecule has 8 rings (SSSR count). The van der Waals surface area contributed by atoms with E-state index in [1.165, 1.54) is 62.6 Å². The molecule has 6 atom stereocenters. The molecule has 0 bridgehead atoms. The molecule has 3 aromatic rings. The molecule has 3 heteroatoms. The van der Waals surface area contributed by atoms with Gasteiger partial charge in [-0.1, -0.05) is 98.0 Å². The van der Waals surface area contributed by atoms with Crippen LogP contribution in [-0.4, -0.2) is 26.3 Å². The topological polar surface area (TPSA) is 18.5 Å². The van der Waals surface area contributed by atoms with Crippen LogP contribution in [0.1, 0.15) is 56.1 Å². The summed E-state index contributed by atoms with van der Waals surface area (Å²) in [6.45, 7) is 2.40. The summed E-state index contributed by atoms with van der Waals surface area (Å²) in [4.78, 5) is 4.96. The van der Waals surface area contributed by atoms with Crippen molar-refractivity contribution in [3.8, 4) is 0 Å². The molecule has 228 valence electrons.